The number of aromatic nitrogens is 2. The molecule has 3 N–H and O–H groups in total. The van der Waals surface area contributed by atoms with E-state index in [2.05, 4.69) is 21.9 Å². The summed E-state index contributed by atoms with van der Waals surface area (Å²) in [5.74, 6) is -0.269. The Hall–Kier alpha value is -3.23. The zero-order chi connectivity index (χ0) is 23.3. The Kier molecular flexibility index (Phi) is 10.4. The number of carbonyl (C=O) groups excluding carboxylic acids is 2. The number of hydrogen-bond acceptors (Lipinski definition) is 6. The average molecular weight is 458 g/mol. The van der Waals surface area contributed by atoms with Gasteiger partial charge in [-0.2, -0.15) is 0 Å². The standard InChI is InChI=1S/C23H28ClN5O3/c1-3-20(17(2)24)29(19-11-7-6-8-12-19)23-26-15-18(16-27-23)22(31)25-14-10-5-4-9-13-21(30)28-32/h3,6-8,11-12,15-16,32H,1,4-5,9-10,13-14H2,2H3,(H,25,31)(H,28,30). The topological polar surface area (TPSA) is 107 Å². The van der Waals surface area contributed by atoms with Gasteiger partial charge in [-0.15, -0.1) is 0 Å². The average Bonchev–Trinajstić information content (AvgIpc) is 2.81. The molecule has 2 aromatic rings. The second kappa shape index (κ2) is 13.2. The minimum absolute atomic E-state index is 0.254. The maximum absolute atomic E-state index is 12.4. The van der Waals surface area contributed by atoms with Crippen LogP contribution in [0, 0.1) is 0 Å². The molecule has 0 unspecified atom stereocenters. The Bertz CT molecular complexity index is 928. The lowest BCUT2D eigenvalue weighted by atomic mass is 10.1. The van der Waals surface area contributed by atoms with E-state index in [0.29, 0.717) is 41.6 Å². The lowest BCUT2D eigenvalue weighted by Gasteiger charge is -2.24. The summed E-state index contributed by atoms with van der Waals surface area (Å²) in [5.41, 5.74) is 3.43. The predicted octanol–water partition coefficient (Wildman–Crippen LogP) is 4.46. The van der Waals surface area contributed by atoms with E-state index in [-0.39, 0.29) is 11.8 Å². The first kappa shape index (κ1) is 25.0. The molecule has 9 heteroatoms. The van der Waals surface area contributed by atoms with E-state index < -0.39 is 0 Å². The van der Waals surface area contributed by atoms with Crippen molar-refractivity contribution in [3.05, 3.63) is 71.7 Å². The van der Waals surface area contributed by atoms with Crippen LogP contribution in [-0.4, -0.2) is 33.5 Å². The maximum Gasteiger partial charge on any atom is 0.254 e. The fourth-order valence-electron chi connectivity index (χ4n) is 3.00. The van der Waals surface area contributed by atoms with Gasteiger partial charge in [-0.3, -0.25) is 19.7 Å². The van der Waals surface area contributed by atoms with Crippen molar-refractivity contribution < 1.29 is 14.8 Å². The fraction of sp³-hybridized carbons (Fsp3) is 0.304. The molecule has 8 nitrogen and oxygen atoms in total. The molecule has 32 heavy (non-hydrogen) atoms. The summed E-state index contributed by atoms with van der Waals surface area (Å²) in [6.07, 6.45) is 8.07. The van der Waals surface area contributed by atoms with E-state index in [1.807, 2.05) is 30.3 Å². The molecule has 0 aliphatic carbocycles. The number of rotatable bonds is 12. The van der Waals surface area contributed by atoms with Gasteiger partial charge in [0.1, 0.15) is 0 Å². The highest BCUT2D eigenvalue weighted by Crippen LogP contribution is 2.29. The third-order valence-electron chi connectivity index (χ3n) is 4.64. The van der Waals surface area contributed by atoms with E-state index in [1.54, 1.807) is 23.4 Å². The molecule has 0 aliphatic rings. The first-order valence-corrected chi connectivity index (χ1v) is 10.7. The lowest BCUT2D eigenvalue weighted by molar-refractivity contribution is -0.129. The normalized spacial score (nSPS) is 11.3. The zero-order valence-electron chi connectivity index (χ0n) is 18.1. The quantitative estimate of drug-likeness (QED) is 0.188. The number of amides is 2. The van der Waals surface area contributed by atoms with E-state index in [1.165, 1.54) is 12.4 Å². The second-order valence-corrected chi connectivity index (χ2v) is 7.59. The molecular weight excluding hydrogens is 430 g/mol. The molecule has 0 saturated carbocycles. The van der Waals surface area contributed by atoms with Crippen LogP contribution < -0.4 is 15.7 Å². The number of hydrogen-bond donors (Lipinski definition) is 3. The van der Waals surface area contributed by atoms with E-state index in [9.17, 15) is 9.59 Å². The molecule has 1 aromatic carbocycles. The molecule has 0 saturated heterocycles. The summed E-state index contributed by atoms with van der Waals surface area (Å²) >= 11 is 6.26. The molecule has 2 rings (SSSR count). The highest BCUT2D eigenvalue weighted by atomic mass is 35.5. The highest BCUT2D eigenvalue weighted by molar-refractivity contribution is 6.30. The number of anilines is 2. The van der Waals surface area contributed by atoms with Crippen LogP contribution in [0.5, 0.6) is 0 Å². The Morgan fingerprint density at radius 1 is 1.12 bits per heavy atom. The van der Waals surface area contributed by atoms with Crippen LogP contribution in [0.4, 0.5) is 11.6 Å². The molecule has 1 aromatic heterocycles. The van der Waals surface area contributed by atoms with Crippen molar-refractivity contribution in [3.63, 3.8) is 0 Å². The third kappa shape index (κ3) is 7.47. The minimum atomic E-state index is -0.385. The smallest absolute Gasteiger partial charge is 0.254 e. The van der Waals surface area contributed by atoms with Gasteiger partial charge in [0.15, 0.2) is 0 Å². The molecule has 2 amide bonds. The lowest BCUT2D eigenvalue weighted by Crippen LogP contribution is -2.25. The van der Waals surface area contributed by atoms with Gasteiger partial charge in [-0.25, -0.2) is 15.4 Å². The summed E-state index contributed by atoms with van der Waals surface area (Å²) in [4.78, 5) is 33.8. The summed E-state index contributed by atoms with van der Waals surface area (Å²) in [5, 5.41) is 11.8. The Labute approximate surface area is 193 Å². The van der Waals surface area contributed by atoms with Crippen molar-refractivity contribution in [2.75, 3.05) is 11.4 Å². The Morgan fingerprint density at radius 2 is 1.78 bits per heavy atom. The third-order valence-corrected chi connectivity index (χ3v) is 4.84. The zero-order valence-corrected chi connectivity index (χ0v) is 18.8. The van der Waals surface area contributed by atoms with Gasteiger partial charge in [0.25, 0.3) is 5.91 Å². The van der Waals surface area contributed by atoms with Gasteiger partial charge in [-0.1, -0.05) is 49.2 Å². The molecular formula is C23H28ClN5O3. The highest BCUT2D eigenvalue weighted by Gasteiger charge is 2.18. The summed E-state index contributed by atoms with van der Waals surface area (Å²) in [6, 6.07) is 9.52. The molecule has 170 valence electrons. The molecule has 0 radical (unpaired) electrons. The number of allylic oxidation sites excluding steroid dienone is 2. The summed E-state index contributed by atoms with van der Waals surface area (Å²) < 4.78 is 0. The first-order chi connectivity index (χ1) is 15.5. The minimum Gasteiger partial charge on any atom is -0.352 e. The second-order valence-electron chi connectivity index (χ2n) is 7.02. The first-order valence-electron chi connectivity index (χ1n) is 10.3. The Balaban J connectivity index is 1.97. The van der Waals surface area contributed by atoms with Gasteiger partial charge in [0.05, 0.1) is 11.3 Å². The number of halogens is 1. The number of benzene rings is 1. The number of carbonyl (C=O) groups is 2. The monoisotopic (exact) mass is 457 g/mol. The number of unbranched alkanes of at least 4 members (excludes halogenated alkanes) is 3. The van der Waals surface area contributed by atoms with Crippen LogP contribution in [0.3, 0.4) is 0 Å². The van der Waals surface area contributed by atoms with Crippen LogP contribution >= 0.6 is 11.6 Å². The van der Waals surface area contributed by atoms with Crippen LogP contribution in [-0.2, 0) is 4.79 Å². The van der Waals surface area contributed by atoms with Crippen LogP contribution in [0.25, 0.3) is 0 Å². The van der Waals surface area contributed by atoms with Gasteiger partial charge in [0.2, 0.25) is 11.9 Å². The van der Waals surface area contributed by atoms with Crippen molar-refractivity contribution in [2.24, 2.45) is 0 Å². The SMILES string of the molecule is C=CC(=C(C)Cl)N(c1ccccc1)c1ncc(C(=O)NCCCCCCC(=O)NO)cn1. The van der Waals surface area contributed by atoms with Crippen LogP contribution in [0.2, 0.25) is 0 Å². The number of hydroxylamine groups is 1. The molecule has 0 bridgehead atoms. The predicted molar refractivity (Wildman–Crippen MR) is 125 cm³/mol. The van der Waals surface area contributed by atoms with Crippen molar-refractivity contribution in [3.8, 4) is 0 Å². The summed E-state index contributed by atoms with van der Waals surface area (Å²) in [7, 11) is 0. The largest absolute Gasteiger partial charge is 0.352 e. The molecule has 0 fully saturated rings. The molecule has 0 spiro atoms. The van der Waals surface area contributed by atoms with E-state index in [0.717, 1.165) is 24.9 Å². The van der Waals surface area contributed by atoms with Crippen molar-refractivity contribution >= 4 is 35.1 Å². The van der Waals surface area contributed by atoms with Crippen molar-refractivity contribution in [2.45, 2.75) is 39.0 Å². The maximum atomic E-state index is 12.4. The van der Waals surface area contributed by atoms with Crippen LogP contribution in [0.15, 0.2) is 66.1 Å². The van der Waals surface area contributed by atoms with Crippen molar-refractivity contribution in [1.82, 2.24) is 20.8 Å². The van der Waals surface area contributed by atoms with Gasteiger partial charge >= 0.3 is 0 Å². The summed E-state index contributed by atoms with van der Waals surface area (Å²) in [6.45, 7) is 6.11. The van der Waals surface area contributed by atoms with Crippen LogP contribution in [0.1, 0.15) is 49.4 Å². The van der Waals surface area contributed by atoms with Gasteiger partial charge < -0.3 is 5.32 Å². The van der Waals surface area contributed by atoms with E-state index in [4.69, 9.17) is 16.8 Å². The van der Waals surface area contributed by atoms with E-state index >= 15 is 0 Å². The fourth-order valence-corrected chi connectivity index (χ4v) is 3.16. The number of nitrogens with zero attached hydrogens (tertiary/aromatic N) is 3. The number of nitrogens with one attached hydrogen (secondary N) is 2. The molecule has 0 atom stereocenters. The van der Waals surface area contributed by atoms with Gasteiger partial charge in [0, 0.05) is 36.1 Å². The number of para-hydroxylation sites is 1. The molecule has 0 aliphatic heterocycles. The van der Waals surface area contributed by atoms with Gasteiger partial charge in [-0.05, 0) is 38.0 Å². The molecule has 1 heterocycles. The van der Waals surface area contributed by atoms with Crippen molar-refractivity contribution in [1.29, 1.82) is 0 Å². The Morgan fingerprint density at radius 3 is 2.38 bits per heavy atom.